The number of carbonyl (C=O) groups is 1. The second-order valence-electron chi connectivity index (χ2n) is 10.6. The molecule has 0 saturated heterocycles. The molecular formula is C29H35NO. The fourth-order valence-corrected chi connectivity index (χ4v) is 7.58. The maximum atomic E-state index is 12.0. The van der Waals surface area contributed by atoms with Gasteiger partial charge < -0.3 is 4.90 Å². The second-order valence-corrected chi connectivity index (χ2v) is 10.6. The van der Waals surface area contributed by atoms with Crippen LogP contribution < -0.4 is 4.90 Å². The van der Waals surface area contributed by atoms with E-state index in [0.717, 1.165) is 19.3 Å². The van der Waals surface area contributed by atoms with E-state index in [1.807, 2.05) is 13.0 Å². The van der Waals surface area contributed by atoms with Crippen LogP contribution in [0.25, 0.3) is 0 Å². The molecule has 0 radical (unpaired) electrons. The Labute approximate surface area is 187 Å². The molecule has 1 aromatic carbocycles. The summed E-state index contributed by atoms with van der Waals surface area (Å²) in [6.45, 7) is 4.56. The minimum Gasteiger partial charge on any atom is -0.378 e. The highest BCUT2D eigenvalue weighted by atomic mass is 16.1. The first-order chi connectivity index (χ1) is 14.9. The first-order valence-corrected chi connectivity index (χ1v) is 12.1. The van der Waals surface area contributed by atoms with Crippen LogP contribution in [-0.4, -0.2) is 19.9 Å². The fraction of sp³-hybridized carbons (Fsp3) is 0.552. The SMILES string of the molecule is CC#C[C@@]1(c2ccc(N(C)C)cc2)CC[C@H]2[C@@H]3CCC4=CC(=O)CCC4=C3CC[C@@]21C. The van der Waals surface area contributed by atoms with Gasteiger partial charge in [0.05, 0.1) is 5.41 Å². The molecule has 0 aliphatic heterocycles. The molecule has 2 heteroatoms. The summed E-state index contributed by atoms with van der Waals surface area (Å²) in [7, 11) is 4.20. The normalized spacial score (nSPS) is 34.2. The predicted molar refractivity (Wildman–Crippen MR) is 128 cm³/mol. The maximum Gasteiger partial charge on any atom is 0.156 e. The second kappa shape index (κ2) is 7.40. The van der Waals surface area contributed by atoms with Crippen molar-refractivity contribution >= 4 is 11.5 Å². The van der Waals surface area contributed by atoms with Crippen LogP contribution in [0.4, 0.5) is 5.69 Å². The van der Waals surface area contributed by atoms with E-state index in [0.29, 0.717) is 24.0 Å². The van der Waals surface area contributed by atoms with Crippen LogP contribution in [0.5, 0.6) is 0 Å². The first kappa shape index (κ1) is 20.6. The molecule has 0 bridgehead atoms. The number of hydrogen-bond donors (Lipinski definition) is 0. The van der Waals surface area contributed by atoms with Crippen molar-refractivity contribution in [3.05, 3.63) is 52.6 Å². The quantitative estimate of drug-likeness (QED) is 0.537. The molecule has 1 aromatic rings. The molecule has 2 saturated carbocycles. The van der Waals surface area contributed by atoms with Gasteiger partial charge in [-0.15, -0.1) is 5.92 Å². The molecule has 4 atom stereocenters. The van der Waals surface area contributed by atoms with E-state index in [4.69, 9.17) is 0 Å². The van der Waals surface area contributed by atoms with Crippen LogP contribution in [0.3, 0.4) is 0 Å². The Kier molecular flexibility index (Phi) is 4.93. The van der Waals surface area contributed by atoms with Gasteiger partial charge in [-0.2, -0.15) is 0 Å². The molecule has 0 unspecified atom stereocenters. The lowest BCUT2D eigenvalue weighted by atomic mass is 9.51. The molecule has 162 valence electrons. The van der Waals surface area contributed by atoms with Crippen molar-refractivity contribution < 1.29 is 4.79 Å². The number of anilines is 1. The molecule has 0 aromatic heterocycles. The Hall–Kier alpha value is -2.27. The van der Waals surface area contributed by atoms with E-state index in [-0.39, 0.29) is 10.8 Å². The van der Waals surface area contributed by atoms with E-state index in [1.54, 1.807) is 11.1 Å². The summed E-state index contributed by atoms with van der Waals surface area (Å²) in [6.07, 6.45) is 10.8. The molecule has 0 heterocycles. The van der Waals surface area contributed by atoms with Gasteiger partial charge in [-0.1, -0.05) is 30.6 Å². The molecule has 2 fully saturated rings. The van der Waals surface area contributed by atoms with Crippen LogP contribution >= 0.6 is 0 Å². The number of rotatable bonds is 2. The van der Waals surface area contributed by atoms with Gasteiger partial charge in [0, 0.05) is 26.2 Å². The third-order valence-corrected chi connectivity index (χ3v) is 9.14. The Morgan fingerprint density at radius 1 is 1.00 bits per heavy atom. The minimum absolute atomic E-state index is 0.0495. The zero-order valence-electron chi connectivity index (χ0n) is 19.6. The Bertz CT molecular complexity index is 1030. The molecule has 0 amide bonds. The lowest BCUT2D eigenvalue weighted by molar-refractivity contribution is -0.114. The number of benzene rings is 1. The van der Waals surface area contributed by atoms with Gasteiger partial charge in [0.25, 0.3) is 0 Å². The summed E-state index contributed by atoms with van der Waals surface area (Å²) in [4.78, 5) is 14.1. The van der Waals surface area contributed by atoms with Crippen LogP contribution in [-0.2, 0) is 10.2 Å². The van der Waals surface area contributed by atoms with Crippen molar-refractivity contribution in [2.24, 2.45) is 17.3 Å². The molecule has 4 aliphatic carbocycles. The predicted octanol–water partition coefficient (Wildman–Crippen LogP) is 6.22. The third-order valence-electron chi connectivity index (χ3n) is 9.14. The van der Waals surface area contributed by atoms with Crippen LogP contribution in [0.2, 0.25) is 0 Å². The molecule has 5 rings (SSSR count). The molecule has 31 heavy (non-hydrogen) atoms. The number of allylic oxidation sites excluding steroid dienone is 4. The molecule has 0 spiro atoms. The molecule has 0 N–H and O–H groups in total. The van der Waals surface area contributed by atoms with Gasteiger partial charge in [-0.05, 0) is 104 Å². The lowest BCUT2D eigenvalue weighted by Crippen LogP contribution is -2.47. The van der Waals surface area contributed by atoms with E-state index >= 15 is 0 Å². The summed E-state index contributed by atoms with van der Waals surface area (Å²) in [5.74, 6) is 8.84. The molecule has 4 aliphatic rings. The summed E-state index contributed by atoms with van der Waals surface area (Å²) in [6, 6.07) is 9.21. The standard InChI is InChI=1S/C29H35NO/c1-5-16-29(21-7-9-22(10-8-21)30(3)4)18-15-27-26-12-6-20-19-23(31)11-13-24(20)25(26)14-17-28(27,29)2/h7-10,19,26-27H,6,11-15,17-18H2,1-4H3/t26-,27+,28+,29+/m1/s1. The van der Waals surface area contributed by atoms with E-state index in [9.17, 15) is 4.79 Å². The van der Waals surface area contributed by atoms with E-state index in [2.05, 4.69) is 62.0 Å². The first-order valence-electron chi connectivity index (χ1n) is 12.1. The van der Waals surface area contributed by atoms with Gasteiger partial charge >= 0.3 is 0 Å². The number of hydrogen-bond acceptors (Lipinski definition) is 2. The summed E-state index contributed by atoms with van der Waals surface area (Å²) < 4.78 is 0. The zero-order valence-corrected chi connectivity index (χ0v) is 19.6. The van der Waals surface area contributed by atoms with Crippen molar-refractivity contribution in [2.75, 3.05) is 19.0 Å². The average molecular weight is 414 g/mol. The van der Waals surface area contributed by atoms with E-state index < -0.39 is 0 Å². The number of nitrogens with zero attached hydrogens (tertiary/aromatic N) is 1. The van der Waals surface area contributed by atoms with Gasteiger partial charge in [-0.3, -0.25) is 4.79 Å². The Balaban J connectivity index is 1.56. The average Bonchev–Trinajstić information content (AvgIpc) is 3.07. The number of ketones is 1. The molecular weight excluding hydrogens is 378 g/mol. The zero-order chi connectivity index (χ0) is 21.8. The molecule has 2 nitrogen and oxygen atoms in total. The Morgan fingerprint density at radius 2 is 1.77 bits per heavy atom. The summed E-state index contributed by atoms with van der Waals surface area (Å²) in [5, 5.41) is 0. The van der Waals surface area contributed by atoms with Gasteiger partial charge in [0.15, 0.2) is 5.78 Å². The maximum absolute atomic E-state index is 12.0. The monoisotopic (exact) mass is 413 g/mol. The van der Waals surface area contributed by atoms with Crippen LogP contribution in [0.15, 0.2) is 47.1 Å². The largest absolute Gasteiger partial charge is 0.378 e. The summed E-state index contributed by atoms with van der Waals surface area (Å²) >= 11 is 0. The Morgan fingerprint density at radius 3 is 2.48 bits per heavy atom. The van der Waals surface area contributed by atoms with Gasteiger partial charge in [0.1, 0.15) is 0 Å². The van der Waals surface area contributed by atoms with Crippen LogP contribution in [0.1, 0.15) is 70.8 Å². The van der Waals surface area contributed by atoms with Gasteiger partial charge in [0.2, 0.25) is 0 Å². The lowest BCUT2D eigenvalue weighted by Gasteiger charge is -2.52. The highest BCUT2D eigenvalue weighted by Crippen LogP contribution is 2.67. The number of carbonyl (C=O) groups excluding carboxylic acids is 1. The van der Waals surface area contributed by atoms with Crippen molar-refractivity contribution in [2.45, 2.75) is 70.6 Å². The van der Waals surface area contributed by atoms with Crippen molar-refractivity contribution in [1.82, 2.24) is 0 Å². The third kappa shape index (κ3) is 2.96. The smallest absolute Gasteiger partial charge is 0.156 e. The minimum atomic E-state index is -0.0495. The van der Waals surface area contributed by atoms with Crippen LogP contribution in [0, 0.1) is 29.1 Å². The number of fused-ring (bicyclic) bond motifs is 4. The topological polar surface area (TPSA) is 20.3 Å². The van der Waals surface area contributed by atoms with Crippen molar-refractivity contribution in [3.63, 3.8) is 0 Å². The van der Waals surface area contributed by atoms with Crippen molar-refractivity contribution in [1.29, 1.82) is 0 Å². The van der Waals surface area contributed by atoms with E-state index in [1.165, 1.54) is 42.5 Å². The summed E-state index contributed by atoms with van der Waals surface area (Å²) in [5.41, 5.74) is 7.44. The fourth-order valence-electron chi connectivity index (χ4n) is 7.58. The highest BCUT2D eigenvalue weighted by molar-refractivity contribution is 5.93. The van der Waals surface area contributed by atoms with Gasteiger partial charge in [-0.25, -0.2) is 0 Å². The highest BCUT2D eigenvalue weighted by Gasteiger charge is 2.61. The van der Waals surface area contributed by atoms with Crippen molar-refractivity contribution in [3.8, 4) is 11.8 Å².